The van der Waals surface area contributed by atoms with E-state index >= 15 is 0 Å². The first-order valence-electron chi connectivity index (χ1n) is 6.08. The lowest BCUT2D eigenvalue weighted by molar-refractivity contribution is 0.486. The Hall–Kier alpha value is -1.04. The minimum atomic E-state index is 0.745. The minimum Gasteiger partial charge on any atom is -0.0839 e. The monoisotopic (exact) mass is 198 g/mol. The third kappa shape index (κ3) is 1.43. The van der Waals surface area contributed by atoms with Crippen LogP contribution in [0.3, 0.4) is 0 Å². The van der Waals surface area contributed by atoms with Gasteiger partial charge in [-0.25, -0.2) is 0 Å². The zero-order valence-electron chi connectivity index (χ0n) is 9.32. The summed E-state index contributed by atoms with van der Waals surface area (Å²) in [5.41, 5.74) is 3.35. The maximum atomic E-state index is 2.42. The van der Waals surface area contributed by atoms with Gasteiger partial charge in [0, 0.05) is 5.92 Å². The highest BCUT2D eigenvalue weighted by Crippen LogP contribution is 2.48. The Morgan fingerprint density at radius 3 is 2.80 bits per heavy atom. The highest BCUT2D eigenvalue weighted by atomic mass is 14.4. The predicted molar refractivity (Wildman–Crippen MR) is 64.4 cm³/mol. The first-order valence-corrected chi connectivity index (χ1v) is 6.08. The van der Waals surface area contributed by atoms with Crippen LogP contribution in [0.1, 0.15) is 26.2 Å². The molecule has 1 fully saturated rings. The summed E-state index contributed by atoms with van der Waals surface area (Å²) >= 11 is 0. The smallest absolute Gasteiger partial charge is 0.00450 e. The molecule has 1 saturated carbocycles. The van der Waals surface area contributed by atoms with Crippen molar-refractivity contribution in [1.82, 2.24) is 0 Å². The van der Waals surface area contributed by atoms with Crippen molar-refractivity contribution >= 4 is 0 Å². The second kappa shape index (κ2) is 3.52. The SMILES string of the molecule is CC1CC2CC=CC=C2C1C1=CC=CC1. The Morgan fingerprint density at radius 1 is 1.13 bits per heavy atom. The maximum Gasteiger partial charge on any atom is 0.00450 e. The van der Waals surface area contributed by atoms with E-state index in [0.717, 1.165) is 17.8 Å². The van der Waals surface area contributed by atoms with Gasteiger partial charge in [0.05, 0.1) is 0 Å². The summed E-state index contributed by atoms with van der Waals surface area (Å²) in [4.78, 5) is 0. The van der Waals surface area contributed by atoms with Gasteiger partial charge in [-0.1, -0.05) is 54.5 Å². The molecule has 15 heavy (non-hydrogen) atoms. The molecule has 0 amide bonds. The fraction of sp³-hybridized carbons (Fsp3) is 0.467. The summed E-state index contributed by atoms with van der Waals surface area (Å²) in [5, 5.41) is 0. The number of fused-ring (bicyclic) bond motifs is 1. The lowest BCUT2D eigenvalue weighted by Crippen LogP contribution is -2.09. The van der Waals surface area contributed by atoms with Crippen LogP contribution in [0.2, 0.25) is 0 Å². The molecular formula is C15H18. The number of rotatable bonds is 1. The number of hydrogen-bond donors (Lipinski definition) is 0. The molecule has 0 heteroatoms. The van der Waals surface area contributed by atoms with Crippen molar-refractivity contribution in [2.45, 2.75) is 26.2 Å². The molecule has 0 aromatic rings. The van der Waals surface area contributed by atoms with Crippen molar-refractivity contribution in [2.24, 2.45) is 17.8 Å². The van der Waals surface area contributed by atoms with Crippen molar-refractivity contribution in [1.29, 1.82) is 0 Å². The van der Waals surface area contributed by atoms with Gasteiger partial charge in [-0.3, -0.25) is 0 Å². The summed E-state index contributed by atoms with van der Waals surface area (Å²) in [6, 6.07) is 0. The van der Waals surface area contributed by atoms with E-state index in [2.05, 4.69) is 43.4 Å². The third-order valence-electron chi connectivity index (χ3n) is 4.10. The van der Waals surface area contributed by atoms with Crippen molar-refractivity contribution in [3.05, 3.63) is 47.6 Å². The van der Waals surface area contributed by atoms with Crippen LogP contribution in [-0.2, 0) is 0 Å². The minimum absolute atomic E-state index is 0.745. The molecule has 3 unspecified atom stereocenters. The van der Waals surface area contributed by atoms with Crippen LogP contribution in [0, 0.1) is 17.8 Å². The van der Waals surface area contributed by atoms with E-state index in [0.29, 0.717) is 0 Å². The average molecular weight is 198 g/mol. The fourth-order valence-electron chi connectivity index (χ4n) is 3.47. The number of allylic oxidation sites excluding steroid dienone is 8. The van der Waals surface area contributed by atoms with Crippen LogP contribution in [0.25, 0.3) is 0 Å². The molecule has 0 aromatic carbocycles. The largest absolute Gasteiger partial charge is 0.0839 e. The standard InChI is InChI=1S/C15H18/c1-11-10-13-8-4-5-9-14(13)15(11)12-6-2-3-7-12/h2-6,9,11,13,15H,7-8,10H2,1H3. The van der Waals surface area contributed by atoms with E-state index in [1.165, 1.54) is 19.3 Å². The van der Waals surface area contributed by atoms with Gasteiger partial charge in [-0.15, -0.1) is 0 Å². The van der Waals surface area contributed by atoms with E-state index in [-0.39, 0.29) is 0 Å². The first kappa shape index (κ1) is 9.21. The molecule has 3 aliphatic rings. The second-order valence-electron chi connectivity index (χ2n) is 5.09. The highest BCUT2D eigenvalue weighted by Gasteiger charge is 2.37. The maximum absolute atomic E-state index is 2.42. The van der Waals surface area contributed by atoms with Gasteiger partial charge in [0.2, 0.25) is 0 Å². The van der Waals surface area contributed by atoms with E-state index in [4.69, 9.17) is 0 Å². The van der Waals surface area contributed by atoms with Crippen molar-refractivity contribution in [2.75, 3.05) is 0 Å². The van der Waals surface area contributed by atoms with Crippen LogP contribution < -0.4 is 0 Å². The van der Waals surface area contributed by atoms with E-state index < -0.39 is 0 Å². The van der Waals surface area contributed by atoms with Gasteiger partial charge >= 0.3 is 0 Å². The van der Waals surface area contributed by atoms with Gasteiger partial charge in [-0.2, -0.15) is 0 Å². The van der Waals surface area contributed by atoms with Crippen LogP contribution >= 0.6 is 0 Å². The Labute approximate surface area is 92.1 Å². The molecule has 0 heterocycles. The molecule has 0 N–H and O–H groups in total. The fourth-order valence-corrected chi connectivity index (χ4v) is 3.47. The van der Waals surface area contributed by atoms with E-state index in [1.807, 2.05) is 0 Å². The van der Waals surface area contributed by atoms with Crippen molar-refractivity contribution in [3.8, 4) is 0 Å². The Kier molecular flexibility index (Phi) is 2.16. The highest BCUT2D eigenvalue weighted by molar-refractivity contribution is 5.38. The van der Waals surface area contributed by atoms with Gasteiger partial charge < -0.3 is 0 Å². The Bertz CT molecular complexity index is 379. The molecule has 0 aliphatic heterocycles. The van der Waals surface area contributed by atoms with Gasteiger partial charge in [0.25, 0.3) is 0 Å². The third-order valence-corrected chi connectivity index (χ3v) is 4.10. The Morgan fingerprint density at radius 2 is 2.00 bits per heavy atom. The normalized spacial score (nSPS) is 37.8. The Balaban J connectivity index is 1.93. The quantitative estimate of drug-likeness (QED) is 0.596. The van der Waals surface area contributed by atoms with Gasteiger partial charge in [-0.05, 0) is 31.1 Å². The van der Waals surface area contributed by atoms with Gasteiger partial charge in [0.1, 0.15) is 0 Å². The zero-order chi connectivity index (χ0) is 10.3. The molecule has 78 valence electrons. The molecule has 0 nitrogen and oxygen atoms in total. The molecule has 3 rings (SSSR count). The topological polar surface area (TPSA) is 0 Å². The van der Waals surface area contributed by atoms with E-state index in [9.17, 15) is 0 Å². The molecule has 0 saturated heterocycles. The molecular weight excluding hydrogens is 180 g/mol. The summed E-state index contributed by atoms with van der Waals surface area (Å²) < 4.78 is 0. The molecule has 0 radical (unpaired) electrons. The van der Waals surface area contributed by atoms with Crippen LogP contribution in [-0.4, -0.2) is 0 Å². The second-order valence-corrected chi connectivity index (χ2v) is 5.09. The number of hydrogen-bond acceptors (Lipinski definition) is 0. The molecule has 3 atom stereocenters. The van der Waals surface area contributed by atoms with Crippen molar-refractivity contribution in [3.63, 3.8) is 0 Å². The van der Waals surface area contributed by atoms with Gasteiger partial charge in [0.15, 0.2) is 0 Å². The summed E-state index contributed by atoms with van der Waals surface area (Å²) in [5.74, 6) is 2.43. The van der Waals surface area contributed by atoms with Crippen LogP contribution in [0.5, 0.6) is 0 Å². The summed E-state index contributed by atoms with van der Waals surface area (Å²) in [6.07, 6.45) is 17.6. The van der Waals surface area contributed by atoms with Crippen LogP contribution in [0.4, 0.5) is 0 Å². The van der Waals surface area contributed by atoms with E-state index in [1.54, 1.807) is 11.1 Å². The lowest BCUT2D eigenvalue weighted by atomic mass is 9.84. The summed E-state index contributed by atoms with van der Waals surface area (Å²) in [7, 11) is 0. The molecule has 0 bridgehead atoms. The lowest BCUT2D eigenvalue weighted by Gasteiger charge is -2.21. The molecule has 0 aromatic heterocycles. The first-order chi connectivity index (χ1) is 7.36. The van der Waals surface area contributed by atoms with Crippen molar-refractivity contribution < 1.29 is 0 Å². The predicted octanol–water partition coefficient (Wildman–Crippen LogP) is 4.03. The summed E-state index contributed by atoms with van der Waals surface area (Å²) in [6.45, 7) is 2.42. The molecule has 0 spiro atoms. The van der Waals surface area contributed by atoms with Crippen LogP contribution in [0.15, 0.2) is 47.6 Å². The average Bonchev–Trinajstić information content (AvgIpc) is 2.82. The zero-order valence-corrected chi connectivity index (χ0v) is 9.32. The molecule has 3 aliphatic carbocycles.